The SMILES string of the molecule is CC(C)CCOc1ccc(C(=O)N2CCC3(C=CCCC3)Cc3ccccc32)cc1. The molecular formula is C27H33NO2. The minimum atomic E-state index is 0.0769. The van der Waals surface area contributed by atoms with E-state index in [9.17, 15) is 4.79 Å². The van der Waals surface area contributed by atoms with E-state index in [-0.39, 0.29) is 11.3 Å². The first-order valence-corrected chi connectivity index (χ1v) is 11.4. The quantitative estimate of drug-likeness (QED) is 0.538. The van der Waals surface area contributed by atoms with Gasteiger partial charge in [0.05, 0.1) is 6.61 Å². The highest BCUT2D eigenvalue weighted by atomic mass is 16.5. The molecule has 1 aliphatic heterocycles. The smallest absolute Gasteiger partial charge is 0.258 e. The van der Waals surface area contributed by atoms with Gasteiger partial charge in [-0.3, -0.25) is 4.79 Å². The fourth-order valence-electron chi connectivity index (χ4n) is 4.66. The molecule has 3 heteroatoms. The van der Waals surface area contributed by atoms with Gasteiger partial charge in [0.1, 0.15) is 5.75 Å². The van der Waals surface area contributed by atoms with Crippen LogP contribution in [0, 0.1) is 11.3 Å². The molecule has 3 nitrogen and oxygen atoms in total. The molecule has 158 valence electrons. The molecular weight excluding hydrogens is 370 g/mol. The van der Waals surface area contributed by atoms with Crippen LogP contribution in [-0.4, -0.2) is 19.1 Å². The van der Waals surface area contributed by atoms with Gasteiger partial charge in [0.2, 0.25) is 0 Å². The van der Waals surface area contributed by atoms with Crippen molar-refractivity contribution >= 4 is 11.6 Å². The number of hydrogen-bond acceptors (Lipinski definition) is 2. The molecule has 0 bridgehead atoms. The van der Waals surface area contributed by atoms with E-state index in [1.165, 1.54) is 24.8 Å². The van der Waals surface area contributed by atoms with Crippen LogP contribution in [0.2, 0.25) is 0 Å². The zero-order valence-corrected chi connectivity index (χ0v) is 18.3. The van der Waals surface area contributed by atoms with Crippen LogP contribution >= 0.6 is 0 Å². The zero-order valence-electron chi connectivity index (χ0n) is 18.3. The standard InChI is InChI=1S/C27H33NO2/c1-21(2)14-19-30-24-12-10-22(11-13-24)26(29)28-18-17-27(15-6-3-7-16-27)20-23-8-4-5-9-25(23)28/h4-6,8-13,15,21H,3,7,14,16-20H2,1-2H3. The fourth-order valence-corrected chi connectivity index (χ4v) is 4.66. The lowest BCUT2D eigenvalue weighted by molar-refractivity contribution is 0.0985. The predicted molar refractivity (Wildman–Crippen MR) is 123 cm³/mol. The first kappa shape index (κ1) is 20.7. The van der Waals surface area contributed by atoms with Crippen LogP contribution in [0.1, 0.15) is 61.9 Å². The molecule has 0 radical (unpaired) electrons. The van der Waals surface area contributed by atoms with Crippen LogP contribution in [0.3, 0.4) is 0 Å². The van der Waals surface area contributed by atoms with Crippen molar-refractivity contribution < 1.29 is 9.53 Å². The van der Waals surface area contributed by atoms with E-state index in [0.717, 1.165) is 42.8 Å². The lowest BCUT2D eigenvalue weighted by Crippen LogP contribution is -2.33. The monoisotopic (exact) mass is 403 g/mol. The van der Waals surface area contributed by atoms with Crippen LogP contribution in [0.15, 0.2) is 60.7 Å². The van der Waals surface area contributed by atoms with Crippen molar-refractivity contribution in [3.05, 3.63) is 71.8 Å². The molecule has 4 rings (SSSR count). The molecule has 30 heavy (non-hydrogen) atoms. The summed E-state index contributed by atoms with van der Waals surface area (Å²) in [5.41, 5.74) is 3.26. The van der Waals surface area contributed by atoms with E-state index in [1.807, 2.05) is 35.2 Å². The number of nitrogens with zero attached hydrogens (tertiary/aromatic N) is 1. The molecule has 1 heterocycles. The van der Waals surface area contributed by atoms with Gasteiger partial charge in [-0.05, 0) is 85.8 Å². The van der Waals surface area contributed by atoms with Gasteiger partial charge in [0.15, 0.2) is 0 Å². The second kappa shape index (κ2) is 9.07. The number of ether oxygens (including phenoxy) is 1. The summed E-state index contributed by atoms with van der Waals surface area (Å²) in [6.45, 7) is 5.85. The number of rotatable bonds is 5. The normalized spacial score (nSPS) is 20.8. The largest absolute Gasteiger partial charge is 0.494 e. The number of carbonyl (C=O) groups is 1. The first-order valence-electron chi connectivity index (χ1n) is 11.4. The zero-order chi connectivity index (χ0) is 21.0. The Hall–Kier alpha value is -2.55. The molecule has 2 aromatic rings. The average molecular weight is 404 g/mol. The highest BCUT2D eigenvalue weighted by Gasteiger charge is 2.35. The van der Waals surface area contributed by atoms with Gasteiger partial charge in [-0.25, -0.2) is 0 Å². The maximum absolute atomic E-state index is 13.5. The van der Waals surface area contributed by atoms with Crippen molar-refractivity contribution in [2.24, 2.45) is 11.3 Å². The maximum atomic E-state index is 13.5. The summed E-state index contributed by atoms with van der Waals surface area (Å²) < 4.78 is 5.82. The van der Waals surface area contributed by atoms with Crippen molar-refractivity contribution in [1.82, 2.24) is 0 Å². The van der Waals surface area contributed by atoms with Crippen molar-refractivity contribution in [2.45, 2.75) is 52.4 Å². The number of hydrogen-bond donors (Lipinski definition) is 0. The molecule has 0 fully saturated rings. The molecule has 0 saturated heterocycles. The number of fused-ring (bicyclic) bond motifs is 1. The molecule has 2 aromatic carbocycles. The third kappa shape index (κ3) is 4.61. The van der Waals surface area contributed by atoms with Gasteiger partial charge in [-0.1, -0.05) is 44.2 Å². The topological polar surface area (TPSA) is 29.5 Å². The third-order valence-corrected chi connectivity index (χ3v) is 6.49. The molecule has 0 saturated carbocycles. The second-order valence-corrected chi connectivity index (χ2v) is 9.22. The van der Waals surface area contributed by atoms with Crippen LogP contribution in [0.25, 0.3) is 0 Å². The predicted octanol–water partition coefficient (Wildman–Crippen LogP) is 6.43. The summed E-state index contributed by atoms with van der Waals surface area (Å²) >= 11 is 0. The lowest BCUT2D eigenvalue weighted by atomic mass is 9.72. The Bertz CT molecular complexity index is 899. The maximum Gasteiger partial charge on any atom is 0.258 e. The van der Waals surface area contributed by atoms with Crippen molar-refractivity contribution in [1.29, 1.82) is 0 Å². The summed E-state index contributed by atoms with van der Waals surface area (Å²) in [5, 5.41) is 0. The molecule has 0 N–H and O–H groups in total. The van der Waals surface area contributed by atoms with E-state index in [1.54, 1.807) is 0 Å². The molecule has 1 amide bonds. The minimum absolute atomic E-state index is 0.0769. The highest BCUT2D eigenvalue weighted by molar-refractivity contribution is 6.06. The lowest BCUT2D eigenvalue weighted by Gasteiger charge is -2.32. The Kier molecular flexibility index (Phi) is 6.26. The van der Waals surface area contributed by atoms with Crippen LogP contribution in [-0.2, 0) is 6.42 Å². The Morgan fingerprint density at radius 3 is 2.63 bits per heavy atom. The Labute approximate surface area is 180 Å². The van der Waals surface area contributed by atoms with E-state index < -0.39 is 0 Å². The van der Waals surface area contributed by atoms with Crippen molar-refractivity contribution in [3.63, 3.8) is 0 Å². The van der Waals surface area contributed by atoms with Gasteiger partial charge in [-0.2, -0.15) is 0 Å². The second-order valence-electron chi connectivity index (χ2n) is 9.22. The summed E-state index contributed by atoms with van der Waals surface area (Å²) in [7, 11) is 0. The highest BCUT2D eigenvalue weighted by Crippen LogP contribution is 2.43. The Morgan fingerprint density at radius 1 is 1.10 bits per heavy atom. The molecule has 1 unspecified atom stereocenters. The third-order valence-electron chi connectivity index (χ3n) is 6.49. The summed E-state index contributed by atoms with van der Waals surface area (Å²) in [5.74, 6) is 1.53. The molecule has 2 aliphatic rings. The molecule has 1 aliphatic carbocycles. The first-order chi connectivity index (χ1) is 14.6. The summed E-state index contributed by atoms with van der Waals surface area (Å²) in [4.78, 5) is 15.5. The molecule has 1 spiro atoms. The van der Waals surface area contributed by atoms with Gasteiger partial charge < -0.3 is 9.64 Å². The number of allylic oxidation sites excluding steroid dienone is 2. The molecule has 0 aromatic heterocycles. The van der Waals surface area contributed by atoms with Crippen LogP contribution in [0.4, 0.5) is 5.69 Å². The minimum Gasteiger partial charge on any atom is -0.494 e. The van der Waals surface area contributed by atoms with Crippen molar-refractivity contribution in [2.75, 3.05) is 18.1 Å². The number of anilines is 1. The van der Waals surface area contributed by atoms with Gasteiger partial charge in [0, 0.05) is 17.8 Å². The van der Waals surface area contributed by atoms with Gasteiger partial charge >= 0.3 is 0 Å². The van der Waals surface area contributed by atoms with E-state index >= 15 is 0 Å². The summed E-state index contributed by atoms with van der Waals surface area (Å²) in [6, 6.07) is 16.1. The number of benzene rings is 2. The van der Waals surface area contributed by atoms with Crippen LogP contribution < -0.4 is 9.64 Å². The fraction of sp³-hybridized carbons (Fsp3) is 0.444. The Morgan fingerprint density at radius 2 is 1.90 bits per heavy atom. The average Bonchev–Trinajstić information content (AvgIpc) is 2.91. The Balaban J connectivity index is 1.54. The van der Waals surface area contributed by atoms with Gasteiger partial charge in [-0.15, -0.1) is 0 Å². The number of carbonyl (C=O) groups excluding carboxylic acids is 1. The number of para-hydroxylation sites is 1. The number of amides is 1. The van der Waals surface area contributed by atoms with E-state index in [2.05, 4.69) is 44.2 Å². The summed E-state index contributed by atoms with van der Waals surface area (Å²) in [6.07, 6.45) is 11.4. The molecule has 1 atom stereocenters. The van der Waals surface area contributed by atoms with Gasteiger partial charge in [0.25, 0.3) is 5.91 Å². The van der Waals surface area contributed by atoms with E-state index in [4.69, 9.17) is 4.74 Å². The van der Waals surface area contributed by atoms with Crippen molar-refractivity contribution in [3.8, 4) is 5.75 Å². The van der Waals surface area contributed by atoms with E-state index in [0.29, 0.717) is 12.5 Å². The van der Waals surface area contributed by atoms with Crippen LogP contribution in [0.5, 0.6) is 5.75 Å².